The van der Waals surface area contributed by atoms with Gasteiger partial charge >= 0.3 is 0 Å². The molecule has 9 heavy (non-hydrogen) atoms. The second-order valence-electron chi connectivity index (χ2n) is 1.46. The number of aromatic nitrogens is 2. The van der Waals surface area contributed by atoms with Crippen LogP contribution in [0.25, 0.3) is 0 Å². The van der Waals surface area contributed by atoms with Gasteiger partial charge in [0, 0.05) is 6.07 Å². The van der Waals surface area contributed by atoms with Gasteiger partial charge in [0.1, 0.15) is 0 Å². The van der Waals surface area contributed by atoms with E-state index in [2.05, 4.69) is 4.98 Å². The molecule has 1 heterocycles. The van der Waals surface area contributed by atoms with E-state index in [-0.39, 0.29) is 0 Å². The lowest BCUT2D eigenvalue weighted by molar-refractivity contribution is -0.609. The lowest BCUT2D eigenvalue weighted by Crippen LogP contribution is -2.24. The highest BCUT2D eigenvalue weighted by Gasteiger charge is 1.94. The Morgan fingerprint density at radius 3 is 3.00 bits per heavy atom. The minimum atomic E-state index is 0.666. The van der Waals surface area contributed by atoms with Crippen LogP contribution in [0.5, 0.6) is 0 Å². The Kier molecular flexibility index (Phi) is 1.89. The molecule has 0 amide bonds. The van der Waals surface area contributed by atoms with Gasteiger partial charge < -0.3 is 5.21 Å². The highest BCUT2D eigenvalue weighted by Crippen LogP contribution is 2.06. The van der Waals surface area contributed by atoms with Gasteiger partial charge in [-0.25, -0.2) is 4.73 Å². The predicted molar refractivity (Wildman–Crippen MR) is 35.0 cm³/mol. The molecule has 0 N–H and O–H groups in total. The molecular formula is C5H6N2OS. The number of thioether (sulfide) groups is 1. The minimum Gasteiger partial charge on any atom is -0.711 e. The first kappa shape index (κ1) is 6.35. The molecule has 0 aliphatic carbocycles. The quantitative estimate of drug-likeness (QED) is 0.247. The lowest BCUT2D eigenvalue weighted by atomic mass is 10.7. The second kappa shape index (κ2) is 2.68. The molecule has 0 fully saturated rings. The predicted octanol–water partition coefficient (Wildman–Crippen LogP) is 0.437. The van der Waals surface area contributed by atoms with Gasteiger partial charge in [0.15, 0.2) is 0 Å². The first-order valence-electron chi connectivity index (χ1n) is 2.42. The topological polar surface area (TPSA) is 39.8 Å². The number of nitrogens with zero attached hydrogens (tertiary/aromatic N) is 2. The first-order chi connectivity index (χ1) is 4.33. The number of hydrogen-bond donors (Lipinski definition) is 0. The van der Waals surface area contributed by atoms with Crippen LogP contribution < -0.4 is 4.73 Å². The lowest BCUT2D eigenvalue weighted by Gasteiger charge is -1.95. The van der Waals surface area contributed by atoms with Crippen molar-refractivity contribution in [1.82, 2.24) is 4.98 Å². The summed E-state index contributed by atoms with van der Waals surface area (Å²) in [7, 11) is 0. The zero-order chi connectivity index (χ0) is 6.69. The maximum Gasteiger partial charge on any atom is 0.290 e. The smallest absolute Gasteiger partial charge is 0.290 e. The van der Waals surface area contributed by atoms with Crippen LogP contribution in [0.3, 0.4) is 0 Å². The molecule has 1 rings (SSSR count). The molecule has 0 unspecified atom stereocenters. The fraction of sp³-hybridized carbons (Fsp3) is 0.200. The molecular weight excluding hydrogens is 136 g/mol. The van der Waals surface area contributed by atoms with E-state index in [9.17, 15) is 5.21 Å². The molecule has 4 heteroatoms. The van der Waals surface area contributed by atoms with Crippen molar-refractivity contribution in [3.8, 4) is 0 Å². The molecule has 0 saturated heterocycles. The van der Waals surface area contributed by atoms with Crippen LogP contribution >= 0.6 is 11.8 Å². The van der Waals surface area contributed by atoms with Gasteiger partial charge in [-0.15, -0.1) is 0 Å². The van der Waals surface area contributed by atoms with Gasteiger partial charge in [-0.1, -0.05) is 11.8 Å². The van der Waals surface area contributed by atoms with Crippen molar-refractivity contribution in [1.29, 1.82) is 0 Å². The molecule has 0 aromatic carbocycles. The number of rotatable bonds is 1. The molecule has 48 valence electrons. The van der Waals surface area contributed by atoms with E-state index in [1.54, 1.807) is 6.07 Å². The molecule has 3 nitrogen and oxygen atoms in total. The van der Waals surface area contributed by atoms with Crippen LogP contribution in [0.2, 0.25) is 0 Å². The molecule has 1 aromatic heterocycles. The molecule has 1 aromatic rings. The van der Waals surface area contributed by atoms with Crippen molar-refractivity contribution in [2.45, 2.75) is 5.03 Å². The van der Waals surface area contributed by atoms with E-state index >= 15 is 0 Å². The van der Waals surface area contributed by atoms with Crippen LogP contribution in [0.4, 0.5) is 0 Å². The average Bonchev–Trinajstić information content (AvgIpc) is 1.90. The van der Waals surface area contributed by atoms with Crippen LogP contribution in [-0.2, 0) is 0 Å². The van der Waals surface area contributed by atoms with Crippen molar-refractivity contribution < 1.29 is 4.73 Å². The Morgan fingerprint density at radius 1 is 1.78 bits per heavy atom. The first-order valence-corrected chi connectivity index (χ1v) is 3.64. The van der Waals surface area contributed by atoms with Crippen LogP contribution in [0, 0.1) is 5.21 Å². The Hall–Kier alpha value is -0.770. The van der Waals surface area contributed by atoms with Gasteiger partial charge in [-0.2, -0.15) is 0 Å². The largest absolute Gasteiger partial charge is 0.711 e. The summed E-state index contributed by atoms with van der Waals surface area (Å²) in [5.41, 5.74) is 0. The minimum absolute atomic E-state index is 0.666. The summed E-state index contributed by atoms with van der Waals surface area (Å²) in [6.45, 7) is 0. The van der Waals surface area contributed by atoms with Crippen LogP contribution in [0.1, 0.15) is 0 Å². The highest BCUT2D eigenvalue weighted by atomic mass is 32.2. The Balaban J connectivity index is 2.88. The van der Waals surface area contributed by atoms with Crippen molar-refractivity contribution in [3.63, 3.8) is 0 Å². The van der Waals surface area contributed by atoms with E-state index in [1.807, 2.05) is 6.26 Å². The Labute approximate surface area is 57.3 Å². The standard InChI is InChI=1S/C5H6N2OS/c1-9-5-2-3-7(8)4-6-5/h2-4H,1H3. The monoisotopic (exact) mass is 142 g/mol. The van der Waals surface area contributed by atoms with Crippen LogP contribution in [0.15, 0.2) is 23.6 Å². The molecule has 0 radical (unpaired) electrons. The molecule has 0 atom stereocenters. The van der Waals surface area contributed by atoms with Crippen molar-refractivity contribution in [2.24, 2.45) is 0 Å². The average molecular weight is 142 g/mol. The van der Waals surface area contributed by atoms with Gasteiger partial charge in [0.25, 0.3) is 6.33 Å². The molecule has 0 saturated carbocycles. The van der Waals surface area contributed by atoms with Crippen molar-refractivity contribution in [2.75, 3.05) is 6.26 Å². The molecule has 0 spiro atoms. The van der Waals surface area contributed by atoms with Crippen LogP contribution in [-0.4, -0.2) is 11.2 Å². The maximum absolute atomic E-state index is 10.4. The van der Waals surface area contributed by atoms with Gasteiger partial charge in [-0.05, 0) is 11.2 Å². The summed E-state index contributed by atoms with van der Waals surface area (Å²) in [4.78, 5) is 3.81. The Bertz CT molecular complexity index is 187. The third-order valence-electron chi connectivity index (χ3n) is 0.872. The summed E-state index contributed by atoms with van der Waals surface area (Å²) < 4.78 is 0.666. The van der Waals surface area contributed by atoms with E-state index in [0.29, 0.717) is 4.73 Å². The third-order valence-corrected chi connectivity index (χ3v) is 1.53. The Morgan fingerprint density at radius 2 is 2.56 bits per heavy atom. The molecule has 0 bridgehead atoms. The maximum atomic E-state index is 10.4. The zero-order valence-corrected chi connectivity index (χ0v) is 5.76. The molecule has 0 aliphatic rings. The van der Waals surface area contributed by atoms with E-state index in [0.717, 1.165) is 5.03 Å². The summed E-state index contributed by atoms with van der Waals surface area (Å²) in [6.07, 6.45) is 4.59. The van der Waals surface area contributed by atoms with E-state index in [4.69, 9.17) is 0 Å². The fourth-order valence-electron chi connectivity index (χ4n) is 0.453. The van der Waals surface area contributed by atoms with Gasteiger partial charge in [0.05, 0.1) is 6.20 Å². The van der Waals surface area contributed by atoms with Gasteiger partial charge in [0.2, 0.25) is 5.03 Å². The SMILES string of the molecule is CSc1cc[n+]([O-])cn1. The van der Waals surface area contributed by atoms with E-state index < -0.39 is 0 Å². The zero-order valence-electron chi connectivity index (χ0n) is 4.94. The summed E-state index contributed by atoms with van der Waals surface area (Å²) in [5, 5.41) is 11.2. The van der Waals surface area contributed by atoms with Crippen molar-refractivity contribution in [3.05, 3.63) is 23.8 Å². The number of hydrogen-bond acceptors (Lipinski definition) is 3. The molecule has 0 aliphatic heterocycles. The summed E-state index contributed by atoms with van der Waals surface area (Å²) in [5.74, 6) is 0. The van der Waals surface area contributed by atoms with E-state index in [1.165, 1.54) is 24.3 Å². The fourth-order valence-corrected chi connectivity index (χ4v) is 0.803. The van der Waals surface area contributed by atoms with Gasteiger partial charge in [-0.3, -0.25) is 0 Å². The summed E-state index contributed by atoms with van der Waals surface area (Å²) in [6, 6.07) is 1.68. The van der Waals surface area contributed by atoms with Crippen molar-refractivity contribution >= 4 is 11.8 Å². The second-order valence-corrected chi connectivity index (χ2v) is 2.29. The summed E-state index contributed by atoms with van der Waals surface area (Å²) >= 11 is 1.51. The normalized spacial score (nSPS) is 9.44. The highest BCUT2D eigenvalue weighted by molar-refractivity contribution is 7.98. The third kappa shape index (κ3) is 1.57.